The van der Waals surface area contributed by atoms with Crippen LogP contribution in [0.1, 0.15) is 18.1 Å². The average molecular weight is 436 g/mol. The first-order valence-electron chi connectivity index (χ1n) is 8.80. The Bertz CT molecular complexity index is 970. The smallest absolute Gasteiger partial charge is 0.344 e. The predicted molar refractivity (Wildman–Crippen MR) is 109 cm³/mol. The maximum Gasteiger partial charge on any atom is 0.344 e. The minimum Gasteiger partial charge on any atom is -0.494 e. The molecule has 0 radical (unpaired) electrons. The number of halogens is 2. The molecular formula is C20H19Cl2N3O4. The van der Waals surface area contributed by atoms with Crippen molar-refractivity contribution in [3.8, 4) is 17.2 Å². The van der Waals surface area contributed by atoms with E-state index < -0.39 is 5.97 Å². The number of benzene rings is 2. The van der Waals surface area contributed by atoms with Crippen LogP contribution >= 0.6 is 23.2 Å². The van der Waals surface area contributed by atoms with Crippen molar-refractivity contribution in [3.05, 3.63) is 64.2 Å². The van der Waals surface area contributed by atoms with Crippen LogP contribution in [0.15, 0.2) is 43.0 Å². The van der Waals surface area contributed by atoms with Gasteiger partial charge in [0.25, 0.3) is 0 Å². The summed E-state index contributed by atoms with van der Waals surface area (Å²) in [5, 5.41) is 5.04. The van der Waals surface area contributed by atoms with Crippen LogP contribution in [0.3, 0.4) is 0 Å². The molecule has 0 saturated carbocycles. The van der Waals surface area contributed by atoms with E-state index in [1.54, 1.807) is 37.2 Å². The first-order valence-corrected chi connectivity index (χ1v) is 9.55. The van der Waals surface area contributed by atoms with Gasteiger partial charge in [-0.3, -0.25) is 0 Å². The molecule has 1 heterocycles. The first kappa shape index (κ1) is 21.0. The minimum atomic E-state index is -0.456. The van der Waals surface area contributed by atoms with Gasteiger partial charge in [-0.15, -0.1) is 0 Å². The van der Waals surface area contributed by atoms with Crippen LogP contribution < -0.4 is 9.47 Å². The molecule has 2 aromatic carbocycles. The average Bonchev–Trinajstić information content (AvgIpc) is 3.24. The number of methoxy groups -OCH3 is 1. The molecule has 0 N–H and O–H groups in total. The number of nitrogens with zero attached hydrogens (tertiary/aromatic N) is 3. The first-order chi connectivity index (χ1) is 14.0. The van der Waals surface area contributed by atoms with Crippen LogP contribution in [0.5, 0.6) is 11.5 Å². The molecule has 0 unspecified atom stereocenters. The van der Waals surface area contributed by atoms with Crippen LogP contribution in [-0.4, -0.2) is 41.1 Å². The van der Waals surface area contributed by atoms with Gasteiger partial charge in [0.15, 0.2) is 6.61 Å². The van der Waals surface area contributed by atoms with E-state index >= 15 is 0 Å². The zero-order valence-corrected chi connectivity index (χ0v) is 17.4. The molecule has 152 valence electrons. The van der Waals surface area contributed by atoms with Gasteiger partial charge < -0.3 is 14.2 Å². The molecule has 9 heteroatoms. The number of hydrogen-bond acceptors (Lipinski definition) is 6. The molecule has 3 rings (SSSR count). The summed E-state index contributed by atoms with van der Waals surface area (Å²) in [5.74, 6) is 0.608. The Labute approximate surface area is 178 Å². The third-order valence-corrected chi connectivity index (χ3v) is 4.74. The Balaban J connectivity index is 1.81. The summed E-state index contributed by atoms with van der Waals surface area (Å²) in [5.41, 5.74) is 2.45. The molecule has 0 saturated heterocycles. The van der Waals surface area contributed by atoms with Gasteiger partial charge in [0, 0.05) is 16.5 Å². The van der Waals surface area contributed by atoms with Crippen LogP contribution in [0.25, 0.3) is 5.69 Å². The number of hydrogen-bond donors (Lipinski definition) is 0. The fourth-order valence-corrected chi connectivity index (χ4v) is 3.34. The summed E-state index contributed by atoms with van der Waals surface area (Å²) >= 11 is 12.9. The molecule has 29 heavy (non-hydrogen) atoms. The summed E-state index contributed by atoms with van der Waals surface area (Å²) in [4.78, 5) is 15.4. The lowest BCUT2D eigenvalue weighted by atomic mass is 10.0. The normalized spacial score (nSPS) is 10.6. The summed E-state index contributed by atoms with van der Waals surface area (Å²) < 4.78 is 17.3. The largest absolute Gasteiger partial charge is 0.494 e. The fourth-order valence-electron chi connectivity index (χ4n) is 2.74. The SMILES string of the molecule is CCOC(=O)COc1cc(Cl)c(Cc2ccc(OC)c(-n3cncn3)c2)c(Cl)c1. The summed E-state index contributed by atoms with van der Waals surface area (Å²) in [6, 6.07) is 8.97. The molecule has 1 aromatic heterocycles. The highest BCUT2D eigenvalue weighted by atomic mass is 35.5. The van der Waals surface area contributed by atoms with E-state index in [9.17, 15) is 4.79 Å². The van der Waals surface area contributed by atoms with Gasteiger partial charge >= 0.3 is 5.97 Å². The Hall–Kier alpha value is -2.77. The van der Waals surface area contributed by atoms with Crippen LogP contribution in [0, 0.1) is 0 Å². The second-order valence-corrected chi connectivity index (χ2v) is 6.80. The van der Waals surface area contributed by atoms with Gasteiger partial charge in [0.2, 0.25) is 0 Å². The van der Waals surface area contributed by atoms with Gasteiger partial charge in [0.1, 0.15) is 29.8 Å². The lowest BCUT2D eigenvalue weighted by Crippen LogP contribution is -2.14. The van der Waals surface area contributed by atoms with E-state index in [2.05, 4.69) is 10.1 Å². The summed E-state index contributed by atoms with van der Waals surface area (Å²) in [6.45, 7) is 1.81. The van der Waals surface area contributed by atoms with Crippen molar-refractivity contribution in [2.45, 2.75) is 13.3 Å². The second-order valence-electron chi connectivity index (χ2n) is 5.98. The van der Waals surface area contributed by atoms with Crippen molar-refractivity contribution >= 4 is 29.2 Å². The van der Waals surface area contributed by atoms with Gasteiger partial charge in [-0.2, -0.15) is 5.10 Å². The number of carbonyl (C=O) groups is 1. The molecule has 0 spiro atoms. The molecule has 0 aliphatic carbocycles. The fraction of sp³-hybridized carbons (Fsp3) is 0.250. The number of carbonyl (C=O) groups excluding carboxylic acids is 1. The molecular weight excluding hydrogens is 417 g/mol. The molecule has 0 aliphatic heterocycles. The van der Waals surface area contributed by atoms with Gasteiger partial charge in [-0.25, -0.2) is 14.5 Å². The van der Waals surface area contributed by atoms with Crippen molar-refractivity contribution in [1.82, 2.24) is 14.8 Å². The van der Waals surface area contributed by atoms with E-state index in [0.29, 0.717) is 34.6 Å². The third-order valence-electron chi connectivity index (χ3n) is 4.07. The molecule has 0 bridgehead atoms. The molecule has 3 aromatic rings. The number of rotatable bonds is 8. The van der Waals surface area contributed by atoms with E-state index in [1.807, 2.05) is 18.2 Å². The Kier molecular flexibility index (Phi) is 6.95. The summed E-state index contributed by atoms with van der Waals surface area (Å²) in [7, 11) is 1.60. The van der Waals surface area contributed by atoms with Crippen LogP contribution in [-0.2, 0) is 16.0 Å². The van der Waals surface area contributed by atoms with Crippen molar-refractivity contribution in [2.75, 3.05) is 20.3 Å². The molecule has 7 nitrogen and oxygen atoms in total. The van der Waals surface area contributed by atoms with Crippen molar-refractivity contribution in [3.63, 3.8) is 0 Å². The van der Waals surface area contributed by atoms with E-state index in [4.69, 9.17) is 37.4 Å². The zero-order valence-electron chi connectivity index (χ0n) is 15.9. The Morgan fingerprint density at radius 3 is 2.55 bits per heavy atom. The Morgan fingerprint density at radius 2 is 1.93 bits per heavy atom. The van der Waals surface area contributed by atoms with Crippen molar-refractivity contribution in [1.29, 1.82) is 0 Å². The number of ether oxygens (including phenoxy) is 3. The quantitative estimate of drug-likeness (QED) is 0.495. The molecule has 0 fully saturated rings. The van der Waals surface area contributed by atoms with E-state index in [0.717, 1.165) is 16.8 Å². The van der Waals surface area contributed by atoms with Crippen LogP contribution in [0.4, 0.5) is 0 Å². The second kappa shape index (κ2) is 9.62. The minimum absolute atomic E-state index is 0.209. The Morgan fingerprint density at radius 1 is 1.17 bits per heavy atom. The van der Waals surface area contributed by atoms with E-state index in [-0.39, 0.29) is 6.61 Å². The highest BCUT2D eigenvalue weighted by Crippen LogP contribution is 2.33. The van der Waals surface area contributed by atoms with Gasteiger partial charge in [-0.05, 0) is 42.3 Å². The maximum absolute atomic E-state index is 11.4. The van der Waals surface area contributed by atoms with Crippen LogP contribution in [0.2, 0.25) is 10.0 Å². The lowest BCUT2D eigenvalue weighted by Gasteiger charge is -2.13. The molecule has 0 amide bonds. The number of aromatic nitrogens is 3. The van der Waals surface area contributed by atoms with Crippen molar-refractivity contribution in [2.24, 2.45) is 0 Å². The van der Waals surface area contributed by atoms with Gasteiger partial charge in [0.05, 0.1) is 13.7 Å². The van der Waals surface area contributed by atoms with Crippen molar-refractivity contribution < 1.29 is 19.0 Å². The predicted octanol–water partition coefficient (Wildman–Crippen LogP) is 4.12. The molecule has 0 atom stereocenters. The summed E-state index contributed by atoms with van der Waals surface area (Å²) in [6.07, 6.45) is 3.54. The molecule has 0 aliphatic rings. The lowest BCUT2D eigenvalue weighted by molar-refractivity contribution is -0.145. The standard InChI is InChI=1S/C20H19Cl2N3O4/c1-3-28-20(26)10-29-14-8-16(21)15(17(22)9-14)6-13-4-5-19(27-2)18(7-13)25-12-23-11-24-25/h4-5,7-9,11-12H,3,6,10H2,1-2H3. The van der Waals surface area contributed by atoms with Gasteiger partial charge in [-0.1, -0.05) is 29.3 Å². The monoisotopic (exact) mass is 435 g/mol. The van der Waals surface area contributed by atoms with E-state index in [1.165, 1.54) is 6.33 Å². The number of esters is 1. The third kappa shape index (κ3) is 5.19. The highest BCUT2D eigenvalue weighted by Gasteiger charge is 2.14. The highest BCUT2D eigenvalue weighted by molar-refractivity contribution is 6.36. The maximum atomic E-state index is 11.4. The topological polar surface area (TPSA) is 75.5 Å². The zero-order chi connectivity index (χ0) is 20.8.